The molecule has 0 heterocycles. The van der Waals surface area contributed by atoms with Crippen LogP contribution >= 0.6 is 0 Å². The zero-order chi connectivity index (χ0) is 17.9. The first-order valence-corrected chi connectivity index (χ1v) is 6.84. The van der Waals surface area contributed by atoms with Crippen LogP contribution in [-0.4, -0.2) is 29.1 Å². The summed E-state index contributed by atoms with van der Waals surface area (Å²) in [6.45, 7) is -1.05. The molecular weight excluding hydrogens is 333 g/mol. The van der Waals surface area contributed by atoms with Crippen molar-refractivity contribution in [2.45, 2.75) is 6.54 Å². The first kappa shape index (κ1) is 17.9. The van der Waals surface area contributed by atoms with Crippen LogP contribution in [0.1, 0.15) is 15.9 Å². The highest BCUT2D eigenvalue weighted by Crippen LogP contribution is 2.24. The molecular formula is C16H12F5NO2. The maximum absolute atomic E-state index is 13.8. The molecule has 0 bridgehead atoms. The number of aliphatic hydroxyl groups is 1. The van der Waals surface area contributed by atoms with Gasteiger partial charge in [0.15, 0.2) is 23.3 Å². The number of benzene rings is 2. The Morgan fingerprint density at radius 1 is 0.875 bits per heavy atom. The van der Waals surface area contributed by atoms with Crippen LogP contribution in [-0.2, 0) is 6.54 Å². The van der Waals surface area contributed by atoms with Crippen molar-refractivity contribution in [3.8, 4) is 0 Å². The Hall–Kier alpha value is -2.48. The van der Waals surface area contributed by atoms with Gasteiger partial charge in [-0.2, -0.15) is 0 Å². The largest absolute Gasteiger partial charge is 0.395 e. The average molecular weight is 345 g/mol. The third kappa shape index (κ3) is 3.38. The summed E-state index contributed by atoms with van der Waals surface area (Å²) >= 11 is 0. The van der Waals surface area contributed by atoms with Gasteiger partial charge in [0.2, 0.25) is 5.82 Å². The van der Waals surface area contributed by atoms with Crippen LogP contribution in [0, 0.1) is 29.1 Å². The SMILES string of the molecule is O=C(c1c(F)c(F)c(F)c(F)c1F)N(CCO)Cc1ccccc1. The summed E-state index contributed by atoms with van der Waals surface area (Å²) < 4.78 is 67.1. The molecule has 0 aliphatic rings. The summed E-state index contributed by atoms with van der Waals surface area (Å²) in [6, 6.07) is 8.21. The minimum Gasteiger partial charge on any atom is -0.395 e. The van der Waals surface area contributed by atoms with Crippen molar-refractivity contribution in [3.63, 3.8) is 0 Å². The number of carbonyl (C=O) groups is 1. The summed E-state index contributed by atoms with van der Waals surface area (Å²) in [5, 5.41) is 9.01. The molecule has 0 spiro atoms. The first-order chi connectivity index (χ1) is 11.4. The fourth-order valence-electron chi connectivity index (χ4n) is 2.13. The lowest BCUT2D eigenvalue weighted by Crippen LogP contribution is -2.35. The standard InChI is InChI=1S/C16H12F5NO2/c17-11-10(12(18)14(20)15(21)13(11)19)16(24)22(6-7-23)8-9-4-2-1-3-5-9/h1-5,23H,6-8H2. The van der Waals surface area contributed by atoms with Crippen LogP contribution in [0.4, 0.5) is 22.0 Å². The second kappa shape index (κ2) is 7.39. The molecule has 1 N–H and O–H groups in total. The Labute approximate surface area is 133 Å². The van der Waals surface area contributed by atoms with E-state index in [1.807, 2.05) is 0 Å². The topological polar surface area (TPSA) is 40.5 Å². The second-order valence-electron chi connectivity index (χ2n) is 4.88. The van der Waals surface area contributed by atoms with E-state index in [9.17, 15) is 26.7 Å². The summed E-state index contributed by atoms with van der Waals surface area (Å²) in [7, 11) is 0. The van der Waals surface area contributed by atoms with E-state index in [4.69, 9.17) is 5.11 Å². The number of hydrogen-bond acceptors (Lipinski definition) is 2. The van der Waals surface area contributed by atoms with Gasteiger partial charge in [-0.25, -0.2) is 22.0 Å². The molecule has 0 saturated carbocycles. The quantitative estimate of drug-likeness (QED) is 0.514. The van der Waals surface area contributed by atoms with Gasteiger partial charge in [-0.05, 0) is 5.56 Å². The van der Waals surface area contributed by atoms with Crippen molar-refractivity contribution < 1.29 is 31.9 Å². The zero-order valence-electron chi connectivity index (χ0n) is 12.2. The lowest BCUT2D eigenvalue weighted by molar-refractivity contribution is 0.0694. The molecule has 0 atom stereocenters. The van der Waals surface area contributed by atoms with Crippen molar-refractivity contribution >= 4 is 5.91 Å². The van der Waals surface area contributed by atoms with Gasteiger partial charge < -0.3 is 10.0 Å². The molecule has 0 aromatic heterocycles. The van der Waals surface area contributed by atoms with E-state index in [0.717, 1.165) is 4.90 Å². The second-order valence-corrected chi connectivity index (χ2v) is 4.88. The number of hydrogen-bond donors (Lipinski definition) is 1. The molecule has 128 valence electrons. The van der Waals surface area contributed by atoms with Gasteiger partial charge in [-0.1, -0.05) is 30.3 Å². The van der Waals surface area contributed by atoms with Crippen LogP contribution in [0.2, 0.25) is 0 Å². The number of amides is 1. The van der Waals surface area contributed by atoms with Crippen molar-refractivity contribution in [3.05, 3.63) is 70.5 Å². The Bertz CT molecular complexity index is 723. The van der Waals surface area contributed by atoms with Gasteiger partial charge in [0, 0.05) is 13.1 Å². The van der Waals surface area contributed by atoms with Crippen LogP contribution < -0.4 is 0 Å². The monoisotopic (exact) mass is 345 g/mol. The predicted molar refractivity (Wildman–Crippen MR) is 74.5 cm³/mol. The van der Waals surface area contributed by atoms with Crippen LogP contribution in [0.3, 0.4) is 0 Å². The van der Waals surface area contributed by atoms with E-state index < -0.39 is 47.2 Å². The Kier molecular flexibility index (Phi) is 5.50. The molecule has 0 saturated heterocycles. The highest BCUT2D eigenvalue weighted by Gasteiger charge is 2.32. The van der Waals surface area contributed by atoms with Crippen molar-refractivity contribution in [1.82, 2.24) is 4.90 Å². The molecule has 2 aromatic carbocycles. The summed E-state index contributed by atoms with van der Waals surface area (Å²) in [5.41, 5.74) is -0.987. The fraction of sp³-hybridized carbons (Fsp3) is 0.188. The van der Waals surface area contributed by atoms with Gasteiger partial charge in [-0.15, -0.1) is 0 Å². The third-order valence-corrected chi connectivity index (χ3v) is 3.30. The van der Waals surface area contributed by atoms with E-state index in [0.29, 0.717) is 5.56 Å². The summed E-state index contributed by atoms with van der Waals surface area (Å²) in [5.74, 6) is -12.5. The maximum atomic E-state index is 13.8. The zero-order valence-corrected chi connectivity index (χ0v) is 12.2. The van der Waals surface area contributed by atoms with E-state index in [1.54, 1.807) is 30.3 Å². The summed E-state index contributed by atoms with van der Waals surface area (Å²) in [6.07, 6.45) is 0. The maximum Gasteiger partial charge on any atom is 0.260 e. The molecule has 0 aliphatic heterocycles. The van der Waals surface area contributed by atoms with E-state index in [2.05, 4.69) is 0 Å². The minimum atomic E-state index is -2.33. The predicted octanol–water partition coefficient (Wildman–Crippen LogP) is 3.02. The van der Waals surface area contributed by atoms with Gasteiger partial charge in [0.05, 0.1) is 6.61 Å². The molecule has 8 heteroatoms. The number of nitrogens with zero attached hydrogens (tertiary/aromatic N) is 1. The summed E-state index contributed by atoms with van der Waals surface area (Å²) in [4.78, 5) is 13.1. The van der Waals surface area contributed by atoms with Gasteiger partial charge in [0.1, 0.15) is 5.56 Å². The minimum absolute atomic E-state index is 0.167. The first-order valence-electron chi connectivity index (χ1n) is 6.84. The molecule has 2 aromatic rings. The van der Waals surface area contributed by atoms with E-state index >= 15 is 0 Å². The highest BCUT2D eigenvalue weighted by atomic mass is 19.2. The van der Waals surface area contributed by atoms with Crippen molar-refractivity contribution in [2.75, 3.05) is 13.2 Å². The van der Waals surface area contributed by atoms with E-state index in [-0.39, 0.29) is 13.1 Å². The van der Waals surface area contributed by atoms with Crippen LogP contribution in [0.25, 0.3) is 0 Å². The lowest BCUT2D eigenvalue weighted by Gasteiger charge is -2.22. The highest BCUT2D eigenvalue weighted by molar-refractivity contribution is 5.94. The van der Waals surface area contributed by atoms with Crippen molar-refractivity contribution in [1.29, 1.82) is 0 Å². The molecule has 0 unspecified atom stereocenters. The van der Waals surface area contributed by atoms with Crippen LogP contribution in [0.5, 0.6) is 0 Å². The fourth-order valence-corrected chi connectivity index (χ4v) is 2.13. The number of halogens is 5. The average Bonchev–Trinajstić information content (AvgIpc) is 2.59. The molecule has 2 rings (SSSR count). The molecule has 0 fully saturated rings. The normalized spacial score (nSPS) is 10.8. The molecule has 3 nitrogen and oxygen atoms in total. The third-order valence-electron chi connectivity index (χ3n) is 3.30. The molecule has 0 aliphatic carbocycles. The smallest absolute Gasteiger partial charge is 0.260 e. The van der Waals surface area contributed by atoms with Gasteiger partial charge in [0.25, 0.3) is 5.91 Å². The number of aliphatic hydroxyl groups excluding tert-OH is 1. The Balaban J connectivity index is 2.44. The van der Waals surface area contributed by atoms with E-state index in [1.165, 1.54) is 0 Å². The van der Waals surface area contributed by atoms with Gasteiger partial charge in [-0.3, -0.25) is 4.79 Å². The molecule has 0 radical (unpaired) electrons. The number of carbonyl (C=O) groups excluding carboxylic acids is 1. The van der Waals surface area contributed by atoms with Crippen molar-refractivity contribution in [2.24, 2.45) is 0 Å². The van der Waals surface area contributed by atoms with Crippen LogP contribution in [0.15, 0.2) is 30.3 Å². The van der Waals surface area contributed by atoms with Gasteiger partial charge >= 0.3 is 0 Å². The molecule has 1 amide bonds. The molecule has 24 heavy (non-hydrogen) atoms. The number of rotatable bonds is 5. The lowest BCUT2D eigenvalue weighted by atomic mass is 10.1. The Morgan fingerprint density at radius 3 is 1.88 bits per heavy atom. The Morgan fingerprint density at radius 2 is 1.38 bits per heavy atom.